The van der Waals surface area contributed by atoms with Gasteiger partial charge in [0.15, 0.2) is 0 Å². The Hall–Kier alpha value is -4.04. The third-order valence-corrected chi connectivity index (χ3v) is 8.43. The second-order valence-corrected chi connectivity index (χ2v) is 11.2. The number of anilines is 2. The Labute approximate surface area is 239 Å². The minimum atomic E-state index is 0.783. The van der Waals surface area contributed by atoms with Gasteiger partial charge in [-0.25, -0.2) is 0 Å². The van der Waals surface area contributed by atoms with Crippen LogP contribution in [0.5, 0.6) is 5.75 Å². The molecule has 2 nitrogen and oxygen atoms in total. The molecule has 202 valence electrons. The fraction of sp³-hybridized carbons (Fsp3) is 0.263. The molecule has 2 heteroatoms. The summed E-state index contributed by atoms with van der Waals surface area (Å²) < 4.78 is 6.04. The van der Waals surface area contributed by atoms with Gasteiger partial charge in [0.1, 0.15) is 5.75 Å². The van der Waals surface area contributed by atoms with E-state index >= 15 is 0 Å². The molecule has 0 heterocycles. The molecule has 0 radical (unpaired) electrons. The van der Waals surface area contributed by atoms with Crippen molar-refractivity contribution in [3.63, 3.8) is 0 Å². The second kappa shape index (κ2) is 12.0. The van der Waals surface area contributed by atoms with Gasteiger partial charge in [0.2, 0.25) is 0 Å². The van der Waals surface area contributed by atoms with Crippen molar-refractivity contribution in [1.82, 2.24) is 0 Å². The quantitative estimate of drug-likeness (QED) is 0.159. The molecule has 6 rings (SSSR count). The van der Waals surface area contributed by atoms with Crippen LogP contribution in [0, 0.1) is 6.92 Å². The summed E-state index contributed by atoms with van der Waals surface area (Å²) in [6.07, 6.45) is 8.67. The van der Waals surface area contributed by atoms with Crippen LogP contribution in [0.1, 0.15) is 47.9 Å². The van der Waals surface area contributed by atoms with Crippen LogP contribution in [0.3, 0.4) is 0 Å². The van der Waals surface area contributed by atoms with Gasteiger partial charge in [-0.3, -0.25) is 0 Å². The predicted molar refractivity (Wildman–Crippen MR) is 170 cm³/mol. The average molecular weight is 526 g/mol. The summed E-state index contributed by atoms with van der Waals surface area (Å²) in [6, 6.07) is 37.5. The maximum atomic E-state index is 6.04. The van der Waals surface area contributed by atoms with E-state index in [0.29, 0.717) is 0 Å². The number of nitrogens with zero attached hydrogens (tertiary/aromatic N) is 1. The Bertz CT molecular complexity index is 1580. The first kappa shape index (κ1) is 26.2. The van der Waals surface area contributed by atoms with E-state index in [4.69, 9.17) is 4.74 Å². The molecule has 1 aliphatic rings. The largest absolute Gasteiger partial charge is 0.494 e. The van der Waals surface area contributed by atoms with Gasteiger partial charge in [-0.2, -0.15) is 0 Å². The normalized spacial score (nSPS) is 12.2. The van der Waals surface area contributed by atoms with E-state index in [-0.39, 0.29) is 0 Å². The molecule has 0 amide bonds. The zero-order chi connectivity index (χ0) is 27.3. The maximum Gasteiger partial charge on any atom is 0.119 e. The van der Waals surface area contributed by atoms with Gasteiger partial charge in [0.05, 0.1) is 6.61 Å². The standard InChI is InChI=1S/C38H39NO/c1-28-11-12-34-27-33(14-13-32(34)26-28)29-15-18-35(19-16-29)39(2)36-20-22-37(23-21-36)40-25-6-4-3-5-8-30-9-7-10-31-17-24-38(30)31/h7,9-16,18-23,26-27H,3-6,8,17,24-25H2,1-2H3. The van der Waals surface area contributed by atoms with E-state index in [1.807, 2.05) is 0 Å². The van der Waals surface area contributed by atoms with E-state index in [1.165, 1.54) is 71.7 Å². The summed E-state index contributed by atoms with van der Waals surface area (Å²) in [7, 11) is 2.12. The monoisotopic (exact) mass is 525 g/mol. The number of ether oxygens (including phenoxy) is 1. The summed E-state index contributed by atoms with van der Waals surface area (Å²) in [5.74, 6) is 0.947. The van der Waals surface area contributed by atoms with Crippen LogP contribution in [0.15, 0.2) is 103 Å². The molecule has 0 atom stereocenters. The van der Waals surface area contributed by atoms with Crippen molar-refractivity contribution in [1.29, 1.82) is 0 Å². The van der Waals surface area contributed by atoms with Crippen LogP contribution in [-0.2, 0) is 19.3 Å². The molecular weight excluding hydrogens is 486 g/mol. The Morgan fingerprint density at radius 1 is 0.650 bits per heavy atom. The number of fused-ring (bicyclic) bond motifs is 2. The van der Waals surface area contributed by atoms with Crippen molar-refractivity contribution in [3.05, 3.63) is 125 Å². The van der Waals surface area contributed by atoms with Crippen LogP contribution in [0.2, 0.25) is 0 Å². The smallest absolute Gasteiger partial charge is 0.119 e. The minimum absolute atomic E-state index is 0.783. The van der Waals surface area contributed by atoms with Gasteiger partial charge in [-0.1, -0.05) is 79.1 Å². The highest BCUT2D eigenvalue weighted by Gasteiger charge is 2.15. The summed E-state index contributed by atoms with van der Waals surface area (Å²) in [5, 5.41) is 2.57. The molecule has 5 aromatic rings. The molecular formula is C38H39NO. The predicted octanol–water partition coefficient (Wildman–Crippen LogP) is 9.86. The minimum Gasteiger partial charge on any atom is -0.494 e. The van der Waals surface area contributed by atoms with Gasteiger partial charge in [-0.15, -0.1) is 0 Å². The van der Waals surface area contributed by atoms with Gasteiger partial charge >= 0.3 is 0 Å². The van der Waals surface area contributed by atoms with Crippen LogP contribution in [0.25, 0.3) is 21.9 Å². The van der Waals surface area contributed by atoms with Crippen molar-refractivity contribution in [2.45, 2.75) is 51.9 Å². The molecule has 0 saturated carbocycles. The van der Waals surface area contributed by atoms with Crippen LogP contribution in [0.4, 0.5) is 11.4 Å². The number of aryl methyl sites for hydroxylation is 3. The molecule has 1 aliphatic carbocycles. The third kappa shape index (κ3) is 5.92. The average Bonchev–Trinajstić information content (AvgIpc) is 2.97. The fourth-order valence-electron chi connectivity index (χ4n) is 5.86. The second-order valence-electron chi connectivity index (χ2n) is 11.2. The van der Waals surface area contributed by atoms with Crippen LogP contribution in [-0.4, -0.2) is 13.7 Å². The van der Waals surface area contributed by atoms with E-state index in [0.717, 1.165) is 24.5 Å². The lowest BCUT2D eigenvalue weighted by Crippen LogP contribution is -2.11. The van der Waals surface area contributed by atoms with Crippen molar-refractivity contribution >= 4 is 22.1 Å². The van der Waals surface area contributed by atoms with E-state index in [9.17, 15) is 0 Å². The summed E-state index contributed by atoms with van der Waals surface area (Å²) in [6.45, 7) is 2.92. The van der Waals surface area contributed by atoms with Gasteiger partial charge in [0, 0.05) is 18.4 Å². The summed E-state index contributed by atoms with van der Waals surface area (Å²) in [4.78, 5) is 2.22. The first-order valence-electron chi connectivity index (χ1n) is 14.8. The van der Waals surface area contributed by atoms with Crippen molar-refractivity contribution in [2.75, 3.05) is 18.6 Å². The fourth-order valence-corrected chi connectivity index (χ4v) is 5.86. The summed E-state index contributed by atoms with van der Waals surface area (Å²) in [5.41, 5.74) is 10.9. The highest BCUT2D eigenvalue weighted by molar-refractivity contribution is 5.88. The lowest BCUT2D eigenvalue weighted by atomic mass is 9.83. The van der Waals surface area contributed by atoms with Crippen molar-refractivity contribution in [3.8, 4) is 16.9 Å². The van der Waals surface area contributed by atoms with Crippen molar-refractivity contribution in [2.24, 2.45) is 0 Å². The van der Waals surface area contributed by atoms with E-state index in [1.54, 1.807) is 16.7 Å². The van der Waals surface area contributed by atoms with Crippen molar-refractivity contribution < 1.29 is 4.74 Å². The Kier molecular flexibility index (Phi) is 7.86. The Balaban J connectivity index is 0.960. The lowest BCUT2D eigenvalue weighted by Gasteiger charge is -2.22. The number of rotatable bonds is 11. The van der Waals surface area contributed by atoms with Crippen LogP contribution < -0.4 is 9.64 Å². The maximum absolute atomic E-state index is 6.04. The molecule has 0 aliphatic heterocycles. The SMILES string of the molecule is Cc1ccc2cc(-c3ccc(N(C)c4ccc(OCCCCCCc5cccc6c5CC6)cc4)cc3)ccc2c1. The topological polar surface area (TPSA) is 12.5 Å². The first-order valence-corrected chi connectivity index (χ1v) is 14.8. The number of unbranched alkanes of at least 4 members (excludes halogenated alkanes) is 3. The van der Waals surface area contributed by atoms with Gasteiger partial charge < -0.3 is 9.64 Å². The Morgan fingerprint density at radius 3 is 2.12 bits per heavy atom. The number of hydrogen-bond acceptors (Lipinski definition) is 2. The van der Waals surface area contributed by atoms with E-state index < -0.39 is 0 Å². The van der Waals surface area contributed by atoms with Gasteiger partial charge in [-0.05, 0) is 120 Å². The zero-order valence-corrected chi connectivity index (χ0v) is 23.8. The number of benzene rings is 5. The number of hydrogen-bond donors (Lipinski definition) is 0. The van der Waals surface area contributed by atoms with E-state index in [2.05, 4.69) is 122 Å². The highest BCUT2D eigenvalue weighted by atomic mass is 16.5. The lowest BCUT2D eigenvalue weighted by molar-refractivity contribution is 0.304. The van der Waals surface area contributed by atoms with Crippen LogP contribution >= 0.6 is 0 Å². The molecule has 0 aromatic heterocycles. The zero-order valence-electron chi connectivity index (χ0n) is 23.8. The molecule has 5 aromatic carbocycles. The van der Waals surface area contributed by atoms with Gasteiger partial charge in [0.25, 0.3) is 0 Å². The first-order chi connectivity index (χ1) is 19.6. The molecule has 0 bridgehead atoms. The molecule has 0 spiro atoms. The molecule has 40 heavy (non-hydrogen) atoms. The molecule has 0 N–H and O–H groups in total. The molecule has 0 unspecified atom stereocenters. The summed E-state index contributed by atoms with van der Waals surface area (Å²) >= 11 is 0. The molecule has 0 saturated heterocycles. The molecule has 0 fully saturated rings. The third-order valence-electron chi connectivity index (χ3n) is 8.43. The highest BCUT2D eigenvalue weighted by Crippen LogP contribution is 2.30. The Morgan fingerprint density at radius 2 is 1.35 bits per heavy atom.